The van der Waals surface area contributed by atoms with E-state index in [2.05, 4.69) is 35.0 Å². The largest absolute Gasteiger partial charge is 0.376 e. The fraction of sp³-hybridized carbons (Fsp3) is 0.267. The molecular weight excluding hydrogens is 224 g/mol. The smallest absolute Gasteiger partial charge is 0.0719 e. The molecule has 0 saturated heterocycles. The maximum atomic E-state index is 5.47. The molecule has 1 aliphatic heterocycles. The van der Waals surface area contributed by atoms with E-state index in [-0.39, 0.29) is 0 Å². The van der Waals surface area contributed by atoms with Crippen molar-refractivity contribution in [1.29, 1.82) is 0 Å². The van der Waals surface area contributed by atoms with E-state index in [0.29, 0.717) is 0 Å². The van der Waals surface area contributed by atoms with Crippen LogP contribution in [0.15, 0.2) is 42.6 Å². The Balaban J connectivity index is 0.000000574. The molecule has 0 radical (unpaired) electrons. The number of rotatable bonds is 1. The van der Waals surface area contributed by atoms with Gasteiger partial charge in [-0.2, -0.15) is 0 Å². The Morgan fingerprint density at radius 3 is 2.78 bits per heavy atom. The van der Waals surface area contributed by atoms with E-state index in [9.17, 15) is 0 Å². The molecule has 2 N–H and O–H groups in total. The molecule has 3 nitrogen and oxygen atoms in total. The van der Waals surface area contributed by atoms with Gasteiger partial charge in [0.15, 0.2) is 0 Å². The molecule has 18 heavy (non-hydrogen) atoms. The number of aromatic nitrogens is 1. The van der Waals surface area contributed by atoms with Crippen LogP contribution in [-0.4, -0.2) is 18.6 Å². The molecule has 0 spiro atoms. The van der Waals surface area contributed by atoms with E-state index in [1.54, 1.807) is 0 Å². The molecule has 1 aromatic heterocycles. The van der Waals surface area contributed by atoms with Crippen LogP contribution < -0.4 is 5.73 Å². The Hall–Kier alpha value is -1.71. The standard InChI is InChI=1S/C14H13NO.CH5N/c1-2-8-15-14(6-1)13-5-3-4-11-10-16-9-7-12(11)13;1-2/h1-6,8H,7,9-10H2;2H2,1H3. The van der Waals surface area contributed by atoms with Crippen LogP contribution in [0.25, 0.3) is 11.3 Å². The zero-order valence-electron chi connectivity index (χ0n) is 10.6. The van der Waals surface area contributed by atoms with Gasteiger partial charge in [0, 0.05) is 11.8 Å². The lowest BCUT2D eigenvalue weighted by molar-refractivity contribution is 0.111. The summed E-state index contributed by atoms with van der Waals surface area (Å²) in [6.07, 6.45) is 2.83. The van der Waals surface area contributed by atoms with E-state index >= 15 is 0 Å². The number of pyridine rings is 1. The maximum absolute atomic E-state index is 5.47. The van der Waals surface area contributed by atoms with Gasteiger partial charge in [-0.05, 0) is 36.7 Å². The zero-order valence-corrected chi connectivity index (χ0v) is 10.6. The number of hydrogen-bond acceptors (Lipinski definition) is 3. The Kier molecular flexibility index (Phi) is 4.45. The van der Waals surface area contributed by atoms with Crippen molar-refractivity contribution in [2.75, 3.05) is 13.7 Å². The predicted octanol–water partition coefficient (Wildman–Crippen LogP) is 2.40. The number of hydrogen-bond donors (Lipinski definition) is 1. The first kappa shape index (κ1) is 12.7. The molecule has 0 saturated carbocycles. The van der Waals surface area contributed by atoms with Gasteiger partial charge in [0.2, 0.25) is 0 Å². The first-order valence-corrected chi connectivity index (χ1v) is 6.13. The molecule has 2 aromatic rings. The highest BCUT2D eigenvalue weighted by molar-refractivity contribution is 5.65. The van der Waals surface area contributed by atoms with Crippen molar-refractivity contribution in [2.24, 2.45) is 5.73 Å². The number of fused-ring (bicyclic) bond motifs is 1. The lowest BCUT2D eigenvalue weighted by Gasteiger charge is -2.19. The minimum atomic E-state index is 0.732. The average molecular weight is 242 g/mol. The lowest BCUT2D eigenvalue weighted by Crippen LogP contribution is -2.11. The Morgan fingerprint density at radius 2 is 2.00 bits per heavy atom. The van der Waals surface area contributed by atoms with E-state index in [4.69, 9.17) is 4.74 Å². The molecule has 2 heterocycles. The molecular formula is C15H18N2O. The van der Waals surface area contributed by atoms with E-state index in [0.717, 1.165) is 25.3 Å². The molecule has 0 unspecified atom stereocenters. The van der Waals surface area contributed by atoms with Crippen molar-refractivity contribution in [2.45, 2.75) is 13.0 Å². The summed E-state index contributed by atoms with van der Waals surface area (Å²) in [5.74, 6) is 0. The highest BCUT2D eigenvalue weighted by Gasteiger charge is 2.14. The topological polar surface area (TPSA) is 48.1 Å². The molecule has 3 rings (SSSR count). The van der Waals surface area contributed by atoms with E-state index in [1.165, 1.54) is 23.7 Å². The summed E-state index contributed by atoms with van der Waals surface area (Å²) in [7, 11) is 1.50. The number of nitrogens with two attached hydrogens (primary N) is 1. The molecule has 0 atom stereocenters. The van der Waals surface area contributed by atoms with Crippen molar-refractivity contribution in [3.8, 4) is 11.3 Å². The van der Waals surface area contributed by atoms with Crippen molar-refractivity contribution in [1.82, 2.24) is 4.98 Å². The van der Waals surface area contributed by atoms with Crippen molar-refractivity contribution in [3.63, 3.8) is 0 Å². The van der Waals surface area contributed by atoms with Crippen LogP contribution in [0.3, 0.4) is 0 Å². The number of nitrogens with zero attached hydrogens (tertiary/aromatic N) is 1. The fourth-order valence-corrected chi connectivity index (χ4v) is 2.18. The van der Waals surface area contributed by atoms with Gasteiger partial charge in [-0.25, -0.2) is 0 Å². The molecule has 0 amide bonds. The Morgan fingerprint density at radius 1 is 1.11 bits per heavy atom. The summed E-state index contributed by atoms with van der Waals surface area (Å²) in [6.45, 7) is 1.55. The zero-order chi connectivity index (χ0) is 12.8. The van der Waals surface area contributed by atoms with Crippen LogP contribution in [0.2, 0.25) is 0 Å². The highest BCUT2D eigenvalue weighted by Crippen LogP contribution is 2.27. The third-order valence-electron chi connectivity index (χ3n) is 2.97. The minimum Gasteiger partial charge on any atom is -0.376 e. The first-order chi connectivity index (χ1) is 8.95. The molecule has 0 aliphatic carbocycles. The molecule has 94 valence electrons. The predicted molar refractivity (Wildman–Crippen MR) is 73.1 cm³/mol. The second-order valence-corrected chi connectivity index (χ2v) is 3.96. The Bertz CT molecular complexity index is 497. The second kappa shape index (κ2) is 6.28. The summed E-state index contributed by atoms with van der Waals surface area (Å²) < 4.78 is 5.47. The molecule has 0 fully saturated rings. The van der Waals surface area contributed by atoms with Gasteiger partial charge in [0.25, 0.3) is 0 Å². The molecule has 1 aliphatic rings. The van der Waals surface area contributed by atoms with Gasteiger partial charge in [0.1, 0.15) is 0 Å². The fourth-order valence-electron chi connectivity index (χ4n) is 2.18. The van der Waals surface area contributed by atoms with Gasteiger partial charge >= 0.3 is 0 Å². The first-order valence-electron chi connectivity index (χ1n) is 6.13. The number of benzene rings is 1. The van der Waals surface area contributed by atoms with Crippen LogP contribution in [-0.2, 0) is 17.8 Å². The van der Waals surface area contributed by atoms with Crippen LogP contribution >= 0.6 is 0 Å². The van der Waals surface area contributed by atoms with Gasteiger partial charge in [-0.15, -0.1) is 0 Å². The minimum absolute atomic E-state index is 0.732. The van der Waals surface area contributed by atoms with Gasteiger partial charge in [-0.1, -0.05) is 24.3 Å². The molecule has 1 aromatic carbocycles. The number of ether oxygens (including phenoxy) is 1. The van der Waals surface area contributed by atoms with Crippen molar-refractivity contribution in [3.05, 3.63) is 53.7 Å². The van der Waals surface area contributed by atoms with E-state index in [1.807, 2.05) is 18.3 Å². The van der Waals surface area contributed by atoms with Gasteiger partial charge in [-0.3, -0.25) is 4.98 Å². The monoisotopic (exact) mass is 242 g/mol. The summed E-state index contributed by atoms with van der Waals surface area (Å²) in [6, 6.07) is 12.4. The summed E-state index contributed by atoms with van der Waals surface area (Å²) in [5, 5.41) is 0. The third kappa shape index (κ3) is 2.58. The van der Waals surface area contributed by atoms with Gasteiger partial charge < -0.3 is 10.5 Å². The van der Waals surface area contributed by atoms with Crippen LogP contribution in [0.5, 0.6) is 0 Å². The molecule has 0 bridgehead atoms. The SMILES string of the molecule is CN.c1ccc(-c2cccc3c2CCOC3)nc1. The lowest BCUT2D eigenvalue weighted by atomic mass is 9.95. The van der Waals surface area contributed by atoms with Crippen LogP contribution in [0, 0.1) is 0 Å². The summed E-state index contributed by atoms with van der Waals surface area (Å²) >= 11 is 0. The average Bonchev–Trinajstić information content (AvgIpc) is 2.50. The maximum Gasteiger partial charge on any atom is 0.0719 e. The van der Waals surface area contributed by atoms with Crippen LogP contribution in [0.4, 0.5) is 0 Å². The normalized spacial score (nSPS) is 13.2. The van der Waals surface area contributed by atoms with E-state index < -0.39 is 0 Å². The van der Waals surface area contributed by atoms with Gasteiger partial charge in [0.05, 0.1) is 18.9 Å². The van der Waals surface area contributed by atoms with Crippen molar-refractivity contribution < 1.29 is 4.74 Å². The Labute approximate surface area is 108 Å². The quantitative estimate of drug-likeness (QED) is 0.835. The second-order valence-electron chi connectivity index (χ2n) is 3.96. The third-order valence-corrected chi connectivity index (χ3v) is 2.97. The summed E-state index contributed by atoms with van der Waals surface area (Å²) in [4.78, 5) is 4.42. The molecule has 3 heteroatoms. The highest BCUT2D eigenvalue weighted by atomic mass is 16.5. The van der Waals surface area contributed by atoms with Crippen molar-refractivity contribution >= 4 is 0 Å². The van der Waals surface area contributed by atoms with Crippen LogP contribution in [0.1, 0.15) is 11.1 Å². The summed E-state index contributed by atoms with van der Waals surface area (Å²) in [5.41, 5.74) is 9.50.